The Balaban J connectivity index is 2.33. The first-order chi connectivity index (χ1) is 7.70. The van der Waals surface area contributed by atoms with Crippen LogP contribution in [-0.4, -0.2) is 15.0 Å². The van der Waals surface area contributed by atoms with Gasteiger partial charge in [0, 0.05) is 18.5 Å². The number of imidazole rings is 1. The third-order valence-corrected chi connectivity index (χ3v) is 2.60. The molecule has 0 aliphatic rings. The van der Waals surface area contributed by atoms with Gasteiger partial charge in [-0.15, -0.1) is 0 Å². The number of hydrogen-bond acceptors (Lipinski definition) is 5. The topological polar surface area (TPSA) is 79.6 Å². The number of pyridine rings is 1. The number of aromatic nitrogens is 3. The van der Waals surface area contributed by atoms with Crippen molar-refractivity contribution in [2.45, 2.75) is 10.2 Å². The molecule has 8 heteroatoms. The Bertz CT molecular complexity index is 487. The normalized spacial score (nSPS) is 10.4. The van der Waals surface area contributed by atoms with Crippen LogP contribution in [-0.2, 0) is 0 Å². The fourth-order valence-corrected chi connectivity index (χ4v) is 1.74. The summed E-state index contributed by atoms with van der Waals surface area (Å²) in [7, 11) is 0. The number of nitrogen functional groups attached to an aromatic ring is 1. The fourth-order valence-electron chi connectivity index (χ4n) is 1.02. The average Bonchev–Trinajstić information content (AvgIpc) is 2.75. The van der Waals surface area contributed by atoms with Crippen LogP contribution in [0, 0.1) is 11.6 Å². The number of aromatic amines is 1. The maximum Gasteiger partial charge on any atom is 0.177 e. The van der Waals surface area contributed by atoms with E-state index in [1.807, 2.05) is 5.43 Å². The van der Waals surface area contributed by atoms with E-state index >= 15 is 0 Å². The van der Waals surface area contributed by atoms with Crippen molar-refractivity contribution in [1.82, 2.24) is 15.0 Å². The standard InChI is InChI=1S/C8H7F2N5S/c9-4-3-5(10)7(14-6(4)15-11)16-8-12-1-2-13-8/h1-3H,11H2,(H,12,13)(H,14,15). The number of hydrazine groups is 1. The molecule has 2 aromatic rings. The molecule has 0 aromatic carbocycles. The summed E-state index contributed by atoms with van der Waals surface area (Å²) in [6.45, 7) is 0. The van der Waals surface area contributed by atoms with E-state index in [1.165, 1.54) is 6.20 Å². The molecule has 16 heavy (non-hydrogen) atoms. The molecule has 2 heterocycles. The fraction of sp³-hybridized carbons (Fsp3) is 0. The molecule has 2 rings (SSSR count). The summed E-state index contributed by atoms with van der Waals surface area (Å²) in [6.07, 6.45) is 3.11. The molecular formula is C8H7F2N5S. The highest BCUT2D eigenvalue weighted by atomic mass is 32.2. The number of nitrogens with zero attached hydrogens (tertiary/aromatic N) is 2. The van der Waals surface area contributed by atoms with Crippen molar-refractivity contribution >= 4 is 17.6 Å². The summed E-state index contributed by atoms with van der Waals surface area (Å²) in [5.74, 6) is 3.21. The second-order valence-electron chi connectivity index (χ2n) is 2.75. The van der Waals surface area contributed by atoms with E-state index in [0.717, 1.165) is 11.8 Å². The molecule has 5 nitrogen and oxygen atoms in total. The lowest BCUT2D eigenvalue weighted by molar-refractivity contribution is 0.551. The first-order valence-electron chi connectivity index (χ1n) is 4.20. The lowest BCUT2D eigenvalue weighted by atomic mass is 10.4. The molecule has 0 saturated carbocycles. The second-order valence-corrected chi connectivity index (χ2v) is 3.72. The molecule has 0 unspecified atom stereocenters. The zero-order valence-electron chi connectivity index (χ0n) is 7.87. The molecule has 0 amide bonds. The van der Waals surface area contributed by atoms with Gasteiger partial charge in [-0.2, -0.15) is 0 Å². The highest BCUT2D eigenvalue weighted by Crippen LogP contribution is 2.27. The second kappa shape index (κ2) is 4.45. The quantitative estimate of drug-likeness (QED) is 0.562. The number of anilines is 1. The molecular weight excluding hydrogens is 236 g/mol. The van der Waals surface area contributed by atoms with Crippen molar-refractivity contribution in [1.29, 1.82) is 0 Å². The van der Waals surface area contributed by atoms with Gasteiger partial charge in [-0.3, -0.25) is 0 Å². The Morgan fingerprint density at radius 2 is 2.19 bits per heavy atom. The third kappa shape index (κ3) is 2.12. The summed E-state index contributed by atoms with van der Waals surface area (Å²) >= 11 is 0.944. The van der Waals surface area contributed by atoms with Crippen LogP contribution in [0.5, 0.6) is 0 Å². The van der Waals surface area contributed by atoms with Gasteiger partial charge in [0.15, 0.2) is 22.6 Å². The Hall–Kier alpha value is -1.67. The molecule has 0 atom stereocenters. The van der Waals surface area contributed by atoms with Crippen LogP contribution < -0.4 is 11.3 Å². The summed E-state index contributed by atoms with van der Waals surface area (Å²) in [5.41, 5.74) is 2.05. The van der Waals surface area contributed by atoms with Gasteiger partial charge in [0.2, 0.25) is 0 Å². The van der Waals surface area contributed by atoms with Crippen LogP contribution in [0.15, 0.2) is 28.6 Å². The highest BCUT2D eigenvalue weighted by Gasteiger charge is 2.13. The van der Waals surface area contributed by atoms with Crippen LogP contribution in [0.4, 0.5) is 14.6 Å². The number of hydrogen-bond donors (Lipinski definition) is 3. The minimum absolute atomic E-state index is 0.00991. The van der Waals surface area contributed by atoms with Crippen LogP contribution in [0.1, 0.15) is 0 Å². The summed E-state index contributed by atoms with van der Waals surface area (Å²) < 4.78 is 26.4. The number of rotatable bonds is 3. The molecule has 0 aliphatic heterocycles. The smallest absolute Gasteiger partial charge is 0.177 e. The maximum absolute atomic E-state index is 13.3. The van der Waals surface area contributed by atoms with Gasteiger partial charge in [0.25, 0.3) is 0 Å². The van der Waals surface area contributed by atoms with Gasteiger partial charge >= 0.3 is 0 Å². The van der Waals surface area contributed by atoms with Crippen molar-refractivity contribution < 1.29 is 8.78 Å². The van der Waals surface area contributed by atoms with Crippen LogP contribution in [0.2, 0.25) is 0 Å². The molecule has 84 valence electrons. The minimum Gasteiger partial charge on any atom is -0.339 e. The van der Waals surface area contributed by atoms with E-state index in [1.54, 1.807) is 6.20 Å². The van der Waals surface area contributed by atoms with E-state index in [9.17, 15) is 8.78 Å². The van der Waals surface area contributed by atoms with E-state index < -0.39 is 11.6 Å². The molecule has 4 N–H and O–H groups in total. The maximum atomic E-state index is 13.3. The van der Waals surface area contributed by atoms with Crippen molar-refractivity contribution in [2.75, 3.05) is 5.43 Å². The lowest BCUT2D eigenvalue weighted by Crippen LogP contribution is -2.11. The largest absolute Gasteiger partial charge is 0.339 e. The highest BCUT2D eigenvalue weighted by molar-refractivity contribution is 7.99. The lowest BCUT2D eigenvalue weighted by Gasteiger charge is -2.04. The molecule has 0 bridgehead atoms. The van der Waals surface area contributed by atoms with Gasteiger partial charge < -0.3 is 10.4 Å². The van der Waals surface area contributed by atoms with Gasteiger partial charge in [-0.1, -0.05) is 0 Å². The Labute approximate surface area is 93.5 Å². The van der Waals surface area contributed by atoms with E-state index in [2.05, 4.69) is 15.0 Å². The number of nitrogens with one attached hydrogen (secondary N) is 2. The SMILES string of the molecule is NNc1nc(Sc2ncc[nH]2)c(F)cc1F. The summed E-state index contributed by atoms with van der Waals surface area (Å²) in [5, 5.41) is 0.449. The number of halogens is 2. The Morgan fingerprint density at radius 1 is 1.38 bits per heavy atom. The van der Waals surface area contributed by atoms with Gasteiger partial charge in [-0.05, 0) is 11.8 Å². The van der Waals surface area contributed by atoms with Gasteiger partial charge in [0.1, 0.15) is 5.03 Å². The molecule has 0 radical (unpaired) electrons. The third-order valence-electron chi connectivity index (χ3n) is 1.70. The Morgan fingerprint density at radius 3 is 2.81 bits per heavy atom. The predicted octanol–water partition coefficient (Wildman–Crippen LogP) is 1.52. The van der Waals surface area contributed by atoms with E-state index in [4.69, 9.17) is 5.84 Å². The number of nitrogens with two attached hydrogens (primary N) is 1. The summed E-state index contributed by atoms with van der Waals surface area (Å²) in [4.78, 5) is 10.3. The minimum atomic E-state index is -0.844. The van der Waals surface area contributed by atoms with Gasteiger partial charge in [0.05, 0.1) is 0 Å². The van der Waals surface area contributed by atoms with Crippen molar-refractivity contribution in [3.63, 3.8) is 0 Å². The van der Waals surface area contributed by atoms with E-state index in [0.29, 0.717) is 11.2 Å². The van der Waals surface area contributed by atoms with Gasteiger partial charge in [-0.25, -0.2) is 24.6 Å². The summed E-state index contributed by atoms with van der Waals surface area (Å²) in [6, 6.07) is 0.716. The molecule has 2 aromatic heterocycles. The molecule has 0 aliphatic carbocycles. The van der Waals surface area contributed by atoms with Crippen molar-refractivity contribution in [3.05, 3.63) is 30.1 Å². The van der Waals surface area contributed by atoms with Crippen molar-refractivity contribution in [2.24, 2.45) is 5.84 Å². The number of H-pyrrole nitrogens is 1. The average molecular weight is 243 g/mol. The molecule has 0 saturated heterocycles. The zero-order chi connectivity index (χ0) is 11.5. The van der Waals surface area contributed by atoms with Crippen LogP contribution in [0.25, 0.3) is 0 Å². The Kier molecular flexibility index (Phi) is 3.02. The van der Waals surface area contributed by atoms with Crippen LogP contribution in [0.3, 0.4) is 0 Å². The van der Waals surface area contributed by atoms with Crippen LogP contribution >= 0.6 is 11.8 Å². The molecule has 0 fully saturated rings. The first-order valence-corrected chi connectivity index (χ1v) is 5.02. The predicted molar refractivity (Wildman–Crippen MR) is 54.7 cm³/mol. The first kappa shape index (κ1) is 10.8. The zero-order valence-corrected chi connectivity index (χ0v) is 8.68. The molecule has 0 spiro atoms. The monoisotopic (exact) mass is 243 g/mol. The van der Waals surface area contributed by atoms with Crippen molar-refractivity contribution in [3.8, 4) is 0 Å². The van der Waals surface area contributed by atoms with E-state index in [-0.39, 0.29) is 10.8 Å².